The van der Waals surface area contributed by atoms with E-state index in [4.69, 9.17) is 5.11 Å². The van der Waals surface area contributed by atoms with Crippen molar-refractivity contribution < 1.29 is 20.1 Å². The van der Waals surface area contributed by atoms with Gasteiger partial charge < -0.3 is 20.6 Å². The molecule has 1 fully saturated rings. The number of aryl methyl sites for hydroxylation is 2. The molecule has 0 radical (unpaired) electrons. The summed E-state index contributed by atoms with van der Waals surface area (Å²) in [6.07, 6.45) is 5.83. The minimum atomic E-state index is -1.05. The van der Waals surface area contributed by atoms with Gasteiger partial charge in [0.1, 0.15) is 11.1 Å². The molecule has 3 aromatic rings. The number of carboxylic acids is 1. The Labute approximate surface area is 209 Å². The minimum absolute atomic E-state index is 0.239. The predicted molar refractivity (Wildman–Crippen MR) is 136 cm³/mol. The van der Waals surface area contributed by atoms with Crippen molar-refractivity contribution in [2.45, 2.75) is 64.6 Å². The summed E-state index contributed by atoms with van der Waals surface area (Å²) in [7, 11) is 0. The second kappa shape index (κ2) is 11.2. The van der Waals surface area contributed by atoms with E-state index in [2.05, 4.69) is 26.3 Å². The van der Waals surface area contributed by atoms with Gasteiger partial charge in [-0.15, -0.1) is 11.3 Å². The molecule has 0 amide bonds. The Bertz CT molecular complexity index is 1160. The largest absolute Gasteiger partial charge is 0.481 e. The monoisotopic (exact) mass is 496 g/mol. The maximum atomic E-state index is 11.1. The van der Waals surface area contributed by atoms with Crippen molar-refractivity contribution in [1.29, 1.82) is 0 Å². The van der Waals surface area contributed by atoms with Gasteiger partial charge in [0, 0.05) is 23.8 Å². The van der Waals surface area contributed by atoms with Crippen LogP contribution in [0.5, 0.6) is 0 Å². The Hall–Kier alpha value is -2.88. The first-order chi connectivity index (χ1) is 16.8. The lowest BCUT2D eigenvalue weighted by atomic mass is 9.79. The lowest BCUT2D eigenvalue weighted by molar-refractivity contribution is -0.143. The number of carboxylic acid groups (broad SMARTS) is 1. The molecule has 4 N–H and O–H groups in total. The van der Waals surface area contributed by atoms with Crippen LogP contribution in [0.1, 0.15) is 60.9 Å². The number of aliphatic carboxylic acids is 1. The number of hydrogen-bond donors (Lipinski definition) is 4. The maximum Gasteiger partial charge on any atom is 0.306 e. The summed E-state index contributed by atoms with van der Waals surface area (Å²) in [6, 6.07) is 7.90. The molecule has 0 aliphatic heterocycles. The first-order valence-corrected chi connectivity index (χ1v) is 12.8. The van der Waals surface area contributed by atoms with Crippen LogP contribution in [-0.4, -0.2) is 42.3 Å². The number of thiazole rings is 1. The lowest BCUT2D eigenvalue weighted by Gasteiger charge is -2.27. The first kappa shape index (κ1) is 25.2. The normalized spacial score (nSPS) is 19.8. The summed E-state index contributed by atoms with van der Waals surface area (Å²) in [5, 5.41) is 34.2. The molecule has 4 rings (SSSR count). The van der Waals surface area contributed by atoms with E-state index in [0.717, 1.165) is 46.6 Å². The van der Waals surface area contributed by atoms with E-state index in [1.54, 1.807) is 12.4 Å². The Kier molecular flexibility index (Phi) is 8.10. The Balaban J connectivity index is 1.37. The van der Waals surface area contributed by atoms with Crippen LogP contribution in [0.3, 0.4) is 0 Å². The number of aromatic nitrogens is 3. The number of nitrogens with zero attached hydrogens (tertiary/aromatic N) is 3. The van der Waals surface area contributed by atoms with E-state index in [1.165, 1.54) is 11.3 Å². The SMILES string of the molecule is Cc1cc(Nc2nccc(C)n2)cc(-c2cnc(C(O)C(O)CCC3CCC(C(=O)O)CC3)s2)c1. The molecular weight excluding hydrogens is 464 g/mol. The summed E-state index contributed by atoms with van der Waals surface area (Å²) in [5.74, 6) is -0.0212. The Morgan fingerprint density at radius 1 is 1.14 bits per heavy atom. The van der Waals surface area contributed by atoms with Crippen LogP contribution in [0.15, 0.2) is 36.7 Å². The molecule has 1 saturated carbocycles. The highest BCUT2D eigenvalue weighted by molar-refractivity contribution is 7.15. The molecule has 2 unspecified atom stereocenters. The fourth-order valence-electron chi connectivity index (χ4n) is 4.62. The molecular formula is C26H32N4O4S. The van der Waals surface area contributed by atoms with Crippen molar-refractivity contribution in [2.24, 2.45) is 11.8 Å². The van der Waals surface area contributed by atoms with Gasteiger partial charge in [-0.25, -0.2) is 15.0 Å². The molecule has 2 heterocycles. The second-order valence-electron chi connectivity index (χ2n) is 9.44. The molecule has 186 valence electrons. The molecule has 1 aromatic carbocycles. The van der Waals surface area contributed by atoms with Gasteiger partial charge in [-0.05, 0) is 87.6 Å². The van der Waals surface area contributed by atoms with E-state index in [-0.39, 0.29) is 5.92 Å². The first-order valence-electron chi connectivity index (χ1n) is 12.0. The third-order valence-electron chi connectivity index (χ3n) is 6.62. The topological polar surface area (TPSA) is 128 Å². The summed E-state index contributed by atoms with van der Waals surface area (Å²) in [6.45, 7) is 3.92. The van der Waals surface area contributed by atoms with Crippen molar-refractivity contribution >= 4 is 28.9 Å². The van der Waals surface area contributed by atoms with Crippen molar-refractivity contribution in [2.75, 3.05) is 5.32 Å². The van der Waals surface area contributed by atoms with Gasteiger partial charge in [0.2, 0.25) is 5.95 Å². The molecule has 9 heteroatoms. The average Bonchev–Trinajstić information content (AvgIpc) is 3.32. The van der Waals surface area contributed by atoms with Crippen LogP contribution < -0.4 is 5.32 Å². The molecule has 8 nitrogen and oxygen atoms in total. The zero-order chi connectivity index (χ0) is 24.9. The van der Waals surface area contributed by atoms with E-state index < -0.39 is 18.2 Å². The third-order valence-corrected chi connectivity index (χ3v) is 7.74. The molecule has 1 aliphatic carbocycles. The number of aliphatic hydroxyl groups excluding tert-OH is 2. The molecule has 2 aromatic heterocycles. The summed E-state index contributed by atoms with van der Waals surface area (Å²) in [5.41, 5.74) is 3.76. The number of rotatable bonds is 9. The third kappa shape index (κ3) is 6.62. The highest BCUT2D eigenvalue weighted by Gasteiger charge is 2.28. The molecule has 1 aliphatic rings. The van der Waals surface area contributed by atoms with E-state index >= 15 is 0 Å². The predicted octanol–water partition coefficient (Wildman–Crippen LogP) is 5.03. The van der Waals surface area contributed by atoms with Gasteiger partial charge in [0.05, 0.1) is 16.9 Å². The maximum absolute atomic E-state index is 11.1. The van der Waals surface area contributed by atoms with E-state index in [9.17, 15) is 15.0 Å². The number of hydrogen-bond acceptors (Lipinski definition) is 8. The van der Waals surface area contributed by atoms with Crippen LogP contribution in [0.2, 0.25) is 0 Å². The van der Waals surface area contributed by atoms with Crippen LogP contribution >= 0.6 is 11.3 Å². The Morgan fingerprint density at radius 3 is 2.63 bits per heavy atom. The minimum Gasteiger partial charge on any atom is -0.481 e. The average molecular weight is 497 g/mol. The van der Waals surface area contributed by atoms with Crippen LogP contribution in [-0.2, 0) is 4.79 Å². The van der Waals surface area contributed by atoms with Crippen LogP contribution in [0.4, 0.5) is 11.6 Å². The number of carbonyl (C=O) groups is 1. The van der Waals surface area contributed by atoms with Crippen LogP contribution in [0.25, 0.3) is 10.4 Å². The number of benzene rings is 1. The highest BCUT2D eigenvalue weighted by atomic mass is 32.1. The summed E-state index contributed by atoms with van der Waals surface area (Å²) >= 11 is 1.37. The Morgan fingerprint density at radius 2 is 1.91 bits per heavy atom. The quantitative estimate of drug-likeness (QED) is 0.325. The molecule has 2 atom stereocenters. The fourth-order valence-corrected chi connectivity index (χ4v) is 5.57. The number of nitrogens with one attached hydrogen (secondary N) is 1. The fraction of sp³-hybridized carbons (Fsp3) is 0.462. The zero-order valence-electron chi connectivity index (χ0n) is 20.0. The van der Waals surface area contributed by atoms with Crippen molar-refractivity contribution in [3.8, 4) is 10.4 Å². The van der Waals surface area contributed by atoms with Crippen molar-refractivity contribution in [3.63, 3.8) is 0 Å². The number of anilines is 2. The van der Waals surface area contributed by atoms with Gasteiger partial charge >= 0.3 is 5.97 Å². The molecule has 35 heavy (non-hydrogen) atoms. The van der Waals surface area contributed by atoms with E-state index in [0.29, 0.717) is 36.1 Å². The van der Waals surface area contributed by atoms with Crippen molar-refractivity contribution in [3.05, 3.63) is 52.9 Å². The lowest BCUT2D eigenvalue weighted by Crippen LogP contribution is -2.23. The smallest absolute Gasteiger partial charge is 0.306 e. The van der Waals surface area contributed by atoms with Gasteiger partial charge in [-0.1, -0.05) is 6.07 Å². The number of aliphatic hydroxyl groups is 2. The van der Waals surface area contributed by atoms with Gasteiger partial charge in [0.15, 0.2) is 0 Å². The summed E-state index contributed by atoms with van der Waals surface area (Å²) < 4.78 is 0. The van der Waals surface area contributed by atoms with Crippen LogP contribution in [0, 0.1) is 25.7 Å². The molecule has 0 bridgehead atoms. The summed E-state index contributed by atoms with van der Waals surface area (Å²) in [4.78, 5) is 25.1. The standard InChI is InChI=1S/C26H32N4O4S/c1-15-11-19(13-20(12-15)30-26-27-10-9-16(2)29-26)22-14-28-24(35-22)23(32)21(31)8-5-17-3-6-18(7-4-17)25(33)34/h9-14,17-18,21,23,31-32H,3-8H2,1-2H3,(H,33,34)(H,27,29,30). The van der Waals surface area contributed by atoms with Gasteiger partial charge in [-0.2, -0.15) is 0 Å². The van der Waals surface area contributed by atoms with Gasteiger partial charge in [0.25, 0.3) is 0 Å². The second-order valence-corrected chi connectivity index (χ2v) is 10.5. The highest BCUT2D eigenvalue weighted by Crippen LogP contribution is 2.36. The molecule has 0 spiro atoms. The zero-order valence-corrected chi connectivity index (χ0v) is 20.8. The molecule has 0 saturated heterocycles. The van der Waals surface area contributed by atoms with Gasteiger partial charge in [-0.3, -0.25) is 4.79 Å². The van der Waals surface area contributed by atoms with Crippen molar-refractivity contribution in [1.82, 2.24) is 15.0 Å². The van der Waals surface area contributed by atoms with E-state index in [1.807, 2.05) is 32.0 Å².